The lowest BCUT2D eigenvalue weighted by Crippen LogP contribution is -2.11. The van der Waals surface area contributed by atoms with Crippen LogP contribution in [0.5, 0.6) is 0 Å². The molecule has 0 amide bonds. The van der Waals surface area contributed by atoms with Crippen molar-refractivity contribution < 1.29 is 0 Å². The number of nitrogens with one attached hydrogen (secondary N) is 1. The SMILES string of the molecule is Nc1nc(-c2ccccc2)cn1Nc1ccccn1. The second kappa shape index (κ2) is 4.81. The van der Waals surface area contributed by atoms with Crippen LogP contribution in [0.15, 0.2) is 60.9 Å². The van der Waals surface area contributed by atoms with E-state index in [1.165, 1.54) is 0 Å². The lowest BCUT2D eigenvalue weighted by Gasteiger charge is -2.06. The number of nitrogens with zero attached hydrogens (tertiary/aromatic N) is 3. The number of hydrogen-bond acceptors (Lipinski definition) is 4. The van der Waals surface area contributed by atoms with Crippen LogP contribution in [0.2, 0.25) is 0 Å². The Bertz CT molecular complexity index is 661. The van der Waals surface area contributed by atoms with Crippen LogP contribution >= 0.6 is 0 Å². The van der Waals surface area contributed by atoms with Gasteiger partial charge >= 0.3 is 0 Å². The first kappa shape index (κ1) is 11.3. The smallest absolute Gasteiger partial charge is 0.220 e. The summed E-state index contributed by atoms with van der Waals surface area (Å²) in [4.78, 5) is 8.51. The maximum atomic E-state index is 5.89. The van der Waals surface area contributed by atoms with Crippen molar-refractivity contribution in [1.82, 2.24) is 14.6 Å². The molecule has 0 aliphatic heterocycles. The third-order valence-electron chi connectivity index (χ3n) is 2.70. The normalized spacial score (nSPS) is 10.3. The average molecular weight is 251 g/mol. The van der Waals surface area contributed by atoms with E-state index in [9.17, 15) is 0 Å². The Balaban J connectivity index is 1.90. The molecule has 0 saturated carbocycles. The monoisotopic (exact) mass is 251 g/mol. The molecule has 3 aromatic rings. The van der Waals surface area contributed by atoms with Crippen LogP contribution in [-0.4, -0.2) is 14.6 Å². The predicted octanol–water partition coefficient (Wildman–Crippen LogP) is 2.40. The first-order chi connectivity index (χ1) is 9.33. The average Bonchev–Trinajstić information content (AvgIpc) is 2.82. The Morgan fingerprint density at radius 1 is 1.00 bits per heavy atom. The van der Waals surface area contributed by atoms with E-state index in [1.807, 2.05) is 54.7 Å². The molecule has 0 aliphatic carbocycles. The lowest BCUT2D eigenvalue weighted by atomic mass is 10.2. The second-order valence-corrected chi connectivity index (χ2v) is 4.05. The third kappa shape index (κ3) is 2.40. The predicted molar refractivity (Wildman–Crippen MR) is 75.3 cm³/mol. The Labute approximate surface area is 110 Å². The van der Waals surface area contributed by atoms with Gasteiger partial charge in [-0.2, -0.15) is 0 Å². The van der Waals surface area contributed by atoms with E-state index in [-0.39, 0.29) is 0 Å². The van der Waals surface area contributed by atoms with Crippen molar-refractivity contribution in [2.24, 2.45) is 0 Å². The number of imidazole rings is 1. The topological polar surface area (TPSA) is 68.8 Å². The highest BCUT2D eigenvalue weighted by atomic mass is 15.5. The number of benzene rings is 1. The molecular weight excluding hydrogens is 238 g/mol. The van der Waals surface area contributed by atoms with E-state index in [4.69, 9.17) is 5.73 Å². The largest absolute Gasteiger partial charge is 0.368 e. The summed E-state index contributed by atoms with van der Waals surface area (Å²) in [7, 11) is 0. The molecule has 0 unspecified atom stereocenters. The van der Waals surface area contributed by atoms with Crippen molar-refractivity contribution in [2.45, 2.75) is 0 Å². The molecule has 3 rings (SSSR count). The summed E-state index contributed by atoms with van der Waals surface area (Å²) < 4.78 is 1.66. The summed E-state index contributed by atoms with van der Waals surface area (Å²) in [6, 6.07) is 15.5. The standard InChI is InChI=1S/C14H13N5/c15-14-17-12(11-6-2-1-3-7-11)10-19(14)18-13-8-4-5-9-16-13/h1-10H,(H2,15,17)(H,16,18). The van der Waals surface area contributed by atoms with E-state index >= 15 is 0 Å². The van der Waals surface area contributed by atoms with Gasteiger partial charge in [-0.3, -0.25) is 5.43 Å². The molecule has 2 heterocycles. The van der Waals surface area contributed by atoms with E-state index < -0.39 is 0 Å². The van der Waals surface area contributed by atoms with Crippen molar-refractivity contribution in [2.75, 3.05) is 11.2 Å². The number of anilines is 2. The Kier molecular flexibility index (Phi) is 2.86. The summed E-state index contributed by atoms with van der Waals surface area (Å²) in [5.41, 5.74) is 10.8. The lowest BCUT2D eigenvalue weighted by molar-refractivity contribution is 0.954. The van der Waals surface area contributed by atoms with E-state index in [0.29, 0.717) is 11.8 Å². The highest BCUT2D eigenvalue weighted by molar-refractivity contribution is 5.60. The van der Waals surface area contributed by atoms with Gasteiger partial charge in [-0.1, -0.05) is 36.4 Å². The molecule has 94 valence electrons. The molecule has 5 heteroatoms. The molecule has 0 atom stereocenters. The maximum absolute atomic E-state index is 5.89. The van der Waals surface area contributed by atoms with Crippen LogP contribution in [0.3, 0.4) is 0 Å². The number of rotatable bonds is 3. The number of nitrogen functional groups attached to an aromatic ring is 1. The minimum atomic E-state index is 0.393. The van der Waals surface area contributed by atoms with E-state index in [0.717, 1.165) is 11.3 Å². The molecule has 0 radical (unpaired) electrons. The molecule has 1 aromatic carbocycles. The summed E-state index contributed by atoms with van der Waals surface area (Å²) in [5, 5.41) is 0. The molecule has 5 nitrogen and oxygen atoms in total. The number of nitrogens with two attached hydrogens (primary N) is 1. The van der Waals surface area contributed by atoms with Crippen LogP contribution < -0.4 is 11.2 Å². The molecule has 3 N–H and O–H groups in total. The van der Waals surface area contributed by atoms with E-state index in [2.05, 4.69) is 15.4 Å². The molecule has 0 aliphatic rings. The number of hydrogen-bond donors (Lipinski definition) is 2. The molecule has 0 saturated heterocycles. The van der Waals surface area contributed by atoms with Gasteiger partial charge < -0.3 is 5.73 Å². The molecule has 0 fully saturated rings. The van der Waals surface area contributed by atoms with Crippen molar-refractivity contribution >= 4 is 11.8 Å². The zero-order valence-corrected chi connectivity index (χ0v) is 10.2. The zero-order chi connectivity index (χ0) is 13.1. The van der Waals surface area contributed by atoms with Crippen LogP contribution in [0.25, 0.3) is 11.3 Å². The van der Waals surface area contributed by atoms with Crippen molar-refractivity contribution in [3.8, 4) is 11.3 Å². The molecule has 0 spiro atoms. The van der Waals surface area contributed by atoms with Crippen molar-refractivity contribution in [1.29, 1.82) is 0 Å². The third-order valence-corrected chi connectivity index (χ3v) is 2.70. The van der Waals surface area contributed by atoms with Gasteiger partial charge in [-0.25, -0.2) is 14.6 Å². The highest BCUT2D eigenvalue weighted by Gasteiger charge is 2.06. The minimum absolute atomic E-state index is 0.393. The van der Waals surface area contributed by atoms with Gasteiger partial charge in [-0.05, 0) is 12.1 Å². The minimum Gasteiger partial charge on any atom is -0.368 e. The van der Waals surface area contributed by atoms with Crippen LogP contribution in [-0.2, 0) is 0 Å². The summed E-state index contributed by atoms with van der Waals surface area (Å²) >= 11 is 0. The van der Waals surface area contributed by atoms with Gasteiger partial charge in [0.05, 0.1) is 11.9 Å². The maximum Gasteiger partial charge on any atom is 0.220 e. The van der Waals surface area contributed by atoms with Crippen LogP contribution in [0.4, 0.5) is 11.8 Å². The fourth-order valence-electron chi connectivity index (χ4n) is 1.78. The quantitative estimate of drug-likeness (QED) is 0.750. The summed E-state index contributed by atoms with van der Waals surface area (Å²) in [6.45, 7) is 0. The van der Waals surface area contributed by atoms with E-state index in [1.54, 1.807) is 10.9 Å². The summed E-state index contributed by atoms with van der Waals surface area (Å²) in [5.74, 6) is 1.11. The van der Waals surface area contributed by atoms with Gasteiger partial charge in [0, 0.05) is 11.8 Å². The number of aromatic nitrogens is 3. The summed E-state index contributed by atoms with van der Waals surface area (Å²) in [6.07, 6.45) is 3.56. The van der Waals surface area contributed by atoms with Crippen LogP contribution in [0.1, 0.15) is 0 Å². The second-order valence-electron chi connectivity index (χ2n) is 4.05. The fourth-order valence-corrected chi connectivity index (χ4v) is 1.78. The molecular formula is C14H13N5. The molecule has 19 heavy (non-hydrogen) atoms. The van der Waals surface area contributed by atoms with Gasteiger partial charge in [0.1, 0.15) is 5.82 Å². The Morgan fingerprint density at radius 3 is 2.53 bits per heavy atom. The van der Waals surface area contributed by atoms with Gasteiger partial charge in [0.15, 0.2) is 0 Å². The van der Waals surface area contributed by atoms with Gasteiger partial charge in [0.25, 0.3) is 0 Å². The molecule has 2 aromatic heterocycles. The van der Waals surface area contributed by atoms with Crippen LogP contribution in [0, 0.1) is 0 Å². The van der Waals surface area contributed by atoms with Crippen molar-refractivity contribution in [3.63, 3.8) is 0 Å². The first-order valence-corrected chi connectivity index (χ1v) is 5.91. The Hall–Kier alpha value is -2.82. The van der Waals surface area contributed by atoms with Crippen molar-refractivity contribution in [3.05, 3.63) is 60.9 Å². The van der Waals surface area contributed by atoms with Gasteiger partial charge in [-0.15, -0.1) is 0 Å². The zero-order valence-electron chi connectivity index (χ0n) is 10.2. The fraction of sp³-hybridized carbons (Fsp3) is 0. The van der Waals surface area contributed by atoms with Gasteiger partial charge in [0.2, 0.25) is 5.95 Å². The highest BCUT2D eigenvalue weighted by Crippen LogP contribution is 2.19. The number of pyridine rings is 1. The first-order valence-electron chi connectivity index (χ1n) is 5.91. The molecule has 0 bridgehead atoms. The Morgan fingerprint density at radius 2 is 1.79 bits per heavy atom.